The maximum Gasteiger partial charge on any atom is 0.239 e. The maximum absolute atomic E-state index is 13.1. The van der Waals surface area contributed by atoms with Gasteiger partial charge in [-0.25, -0.2) is 0 Å². The van der Waals surface area contributed by atoms with Gasteiger partial charge >= 0.3 is 0 Å². The van der Waals surface area contributed by atoms with E-state index in [1.165, 1.54) is 24.0 Å². The van der Waals surface area contributed by atoms with E-state index < -0.39 is 0 Å². The molecular weight excluding hydrogens is 362 g/mol. The molecule has 2 saturated heterocycles. The molecule has 2 amide bonds. The van der Waals surface area contributed by atoms with Crippen molar-refractivity contribution >= 4 is 17.5 Å². The van der Waals surface area contributed by atoms with Crippen molar-refractivity contribution in [2.75, 3.05) is 32.0 Å². The second-order valence-corrected chi connectivity index (χ2v) is 9.66. The molecule has 1 aromatic rings. The van der Waals surface area contributed by atoms with Crippen molar-refractivity contribution in [3.8, 4) is 0 Å². The van der Waals surface area contributed by atoms with E-state index in [2.05, 4.69) is 42.1 Å². The molecule has 158 valence electrons. The third-order valence-electron chi connectivity index (χ3n) is 7.37. The number of nitrogens with one attached hydrogen (secondary N) is 1. The maximum atomic E-state index is 13.1. The summed E-state index contributed by atoms with van der Waals surface area (Å²) in [4.78, 5) is 30.2. The Balaban J connectivity index is 1.31. The third-order valence-corrected chi connectivity index (χ3v) is 7.37. The minimum atomic E-state index is 0.0504. The normalized spacial score (nSPS) is 26.8. The Morgan fingerprint density at radius 2 is 1.69 bits per heavy atom. The fraction of sp³-hybridized carbons (Fsp3) is 0.667. The first kappa shape index (κ1) is 20.4. The zero-order valence-electron chi connectivity index (χ0n) is 18.2. The van der Waals surface area contributed by atoms with Crippen molar-refractivity contribution < 1.29 is 9.59 Å². The zero-order valence-corrected chi connectivity index (χ0v) is 18.2. The summed E-state index contributed by atoms with van der Waals surface area (Å²) in [6.07, 6.45) is 7.45. The lowest BCUT2D eigenvalue weighted by atomic mass is 9.90. The summed E-state index contributed by atoms with van der Waals surface area (Å²) in [5.74, 6) is 0.556. The number of hydrogen-bond acceptors (Lipinski definition) is 3. The number of aryl methyl sites for hydroxylation is 2. The van der Waals surface area contributed by atoms with Crippen LogP contribution in [0, 0.1) is 25.2 Å². The van der Waals surface area contributed by atoms with Gasteiger partial charge in [-0.3, -0.25) is 14.5 Å². The summed E-state index contributed by atoms with van der Waals surface area (Å²) in [5, 5.41) is 3.13. The van der Waals surface area contributed by atoms with Crippen LogP contribution in [0.3, 0.4) is 0 Å². The molecule has 4 rings (SSSR count). The number of hydrogen-bond donors (Lipinski definition) is 1. The van der Waals surface area contributed by atoms with Gasteiger partial charge in [0.15, 0.2) is 0 Å². The van der Waals surface area contributed by atoms with Gasteiger partial charge in [-0.15, -0.1) is 0 Å². The Bertz CT molecular complexity index is 762. The molecule has 29 heavy (non-hydrogen) atoms. The lowest BCUT2D eigenvalue weighted by molar-refractivity contribution is -0.138. The molecule has 2 heterocycles. The molecule has 2 aliphatic heterocycles. The standard InChI is InChI=1S/C24H35N3O2/c1-17-13-18(2)15-19(14-17)25-22(28)20-16-24(20)8-11-27(12-9-24)23(29)21-7-5-4-6-10-26(21)3/h13-15,20-21H,4-12,16H2,1-3H3,(H,25,28)/t20-,21+/m1/s1. The summed E-state index contributed by atoms with van der Waals surface area (Å²) < 4.78 is 0. The van der Waals surface area contributed by atoms with E-state index in [1.54, 1.807) is 0 Å². The molecule has 0 radical (unpaired) electrons. The second kappa shape index (κ2) is 8.10. The highest BCUT2D eigenvalue weighted by Crippen LogP contribution is 2.59. The Kier molecular flexibility index (Phi) is 5.69. The predicted molar refractivity (Wildman–Crippen MR) is 116 cm³/mol. The summed E-state index contributed by atoms with van der Waals surface area (Å²) in [6.45, 7) is 6.74. The highest BCUT2D eigenvalue weighted by atomic mass is 16.2. The predicted octanol–water partition coefficient (Wildman–Crippen LogP) is 3.75. The Labute approximate surface area is 174 Å². The molecule has 1 aliphatic carbocycles. The molecule has 1 N–H and O–H groups in total. The third kappa shape index (κ3) is 4.35. The largest absolute Gasteiger partial charge is 0.341 e. The number of likely N-dealkylation sites (N-methyl/N-ethyl adjacent to an activating group) is 1. The Morgan fingerprint density at radius 1 is 1.00 bits per heavy atom. The van der Waals surface area contributed by atoms with Crippen LogP contribution in [0.25, 0.3) is 0 Å². The monoisotopic (exact) mass is 397 g/mol. The number of anilines is 1. The summed E-state index contributed by atoms with van der Waals surface area (Å²) >= 11 is 0. The molecule has 0 aromatic heterocycles. The van der Waals surface area contributed by atoms with Crippen LogP contribution in [0.15, 0.2) is 18.2 Å². The van der Waals surface area contributed by atoms with E-state index in [4.69, 9.17) is 0 Å². The number of likely N-dealkylation sites (tertiary alicyclic amines) is 2. The van der Waals surface area contributed by atoms with Gasteiger partial charge in [-0.1, -0.05) is 18.9 Å². The molecule has 3 fully saturated rings. The van der Waals surface area contributed by atoms with Crippen LogP contribution in [-0.4, -0.2) is 54.3 Å². The minimum Gasteiger partial charge on any atom is -0.341 e. The number of rotatable bonds is 3. The molecule has 2 atom stereocenters. The molecule has 5 nitrogen and oxygen atoms in total. The number of benzene rings is 1. The average molecular weight is 398 g/mol. The smallest absolute Gasteiger partial charge is 0.239 e. The minimum absolute atomic E-state index is 0.0504. The summed E-state index contributed by atoms with van der Waals surface area (Å²) in [5.41, 5.74) is 3.36. The number of piperidine rings is 1. The Hall–Kier alpha value is -1.88. The van der Waals surface area contributed by atoms with Crippen molar-refractivity contribution in [2.24, 2.45) is 11.3 Å². The molecule has 1 aromatic carbocycles. The van der Waals surface area contributed by atoms with Gasteiger partial charge in [0.2, 0.25) is 11.8 Å². The van der Waals surface area contributed by atoms with Crippen molar-refractivity contribution in [1.29, 1.82) is 0 Å². The topological polar surface area (TPSA) is 52.7 Å². The number of amides is 2. The number of nitrogens with zero attached hydrogens (tertiary/aromatic N) is 2. The van der Waals surface area contributed by atoms with E-state index in [0.29, 0.717) is 5.91 Å². The van der Waals surface area contributed by atoms with Gasteiger partial charge in [0.05, 0.1) is 6.04 Å². The van der Waals surface area contributed by atoms with Crippen LogP contribution in [0.2, 0.25) is 0 Å². The number of carbonyl (C=O) groups excluding carboxylic acids is 2. The van der Waals surface area contributed by atoms with Crippen LogP contribution in [-0.2, 0) is 9.59 Å². The molecule has 3 aliphatic rings. The van der Waals surface area contributed by atoms with Crippen molar-refractivity contribution in [1.82, 2.24) is 9.80 Å². The van der Waals surface area contributed by atoms with Crippen LogP contribution < -0.4 is 5.32 Å². The highest BCUT2D eigenvalue weighted by Gasteiger charge is 2.58. The SMILES string of the molecule is Cc1cc(C)cc(NC(=O)[C@H]2CC23CCN(C(=O)[C@@H]2CCCCCN2C)CC3)c1. The first-order chi connectivity index (χ1) is 13.9. The van der Waals surface area contributed by atoms with Gasteiger partial charge in [-0.05, 0) is 88.2 Å². The van der Waals surface area contributed by atoms with Crippen molar-refractivity contribution in [2.45, 2.75) is 64.8 Å². The molecule has 1 spiro atoms. The first-order valence-corrected chi connectivity index (χ1v) is 11.3. The lowest BCUT2D eigenvalue weighted by Gasteiger charge is -2.37. The molecular formula is C24H35N3O2. The van der Waals surface area contributed by atoms with E-state index >= 15 is 0 Å². The highest BCUT2D eigenvalue weighted by molar-refractivity contribution is 5.95. The van der Waals surface area contributed by atoms with Crippen LogP contribution >= 0.6 is 0 Å². The Morgan fingerprint density at radius 3 is 2.38 bits per heavy atom. The van der Waals surface area contributed by atoms with Crippen LogP contribution in [0.4, 0.5) is 5.69 Å². The second-order valence-electron chi connectivity index (χ2n) is 9.66. The van der Waals surface area contributed by atoms with E-state index in [-0.39, 0.29) is 23.3 Å². The van der Waals surface area contributed by atoms with Crippen molar-refractivity contribution in [3.05, 3.63) is 29.3 Å². The van der Waals surface area contributed by atoms with E-state index in [9.17, 15) is 9.59 Å². The summed E-state index contributed by atoms with van der Waals surface area (Å²) in [7, 11) is 2.09. The van der Waals surface area contributed by atoms with Crippen LogP contribution in [0.5, 0.6) is 0 Å². The van der Waals surface area contributed by atoms with Crippen molar-refractivity contribution in [3.63, 3.8) is 0 Å². The van der Waals surface area contributed by atoms with Gasteiger partial charge in [0.1, 0.15) is 0 Å². The van der Waals surface area contributed by atoms with Gasteiger partial charge < -0.3 is 10.2 Å². The van der Waals surface area contributed by atoms with Gasteiger partial charge in [-0.2, -0.15) is 0 Å². The molecule has 0 unspecified atom stereocenters. The zero-order chi connectivity index (χ0) is 20.6. The quantitative estimate of drug-likeness (QED) is 0.845. The average Bonchev–Trinajstić information content (AvgIpc) is 3.41. The van der Waals surface area contributed by atoms with Crippen LogP contribution in [0.1, 0.15) is 56.1 Å². The fourth-order valence-corrected chi connectivity index (χ4v) is 5.49. The fourth-order valence-electron chi connectivity index (χ4n) is 5.49. The molecule has 0 bridgehead atoms. The van der Waals surface area contributed by atoms with Gasteiger partial charge in [0.25, 0.3) is 0 Å². The lowest BCUT2D eigenvalue weighted by Crippen LogP contribution is -2.50. The van der Waals surface area contributed by atoms with E-state index in [1.807, 2.05) is 12.1 Å². The number of carbonyl (C=O) groups is 2. The van der Waals surface area contributed by atoms with E-state index in [0.717, 1.165) is 57.4 Å². The summed E-state index contributed by atoms with van der Waals surface area (Å²) in [6, 6.07) is 6.23. The molecule has 1 saturated carbocycles. The van der Waals surface area contributed by atoms with Gasteiger partial charge in [0, 0.05) is 24.7 Å². The first-order valence-electron chi connectivity index (χ1n) is 11.3. The molecule has 5 heteroatoms.